The number of thiazole rings is 1. The Hall–Kier alpha value is -4.24. The molecule has 0 radical (unpaired) electrons. The van der Waals surface area contributed by atoms with Crippen molar-refractivity contribution >= 4 is 40.0 Å². The molecule has 1 atom stereocenters. The number of anilines is 1. The number of nitrogens with zero attached hydrogens (tertiary/aromatic N) is 2. The van der Waals surface area contributed by atoms with Gasteiger partial charge in [-0.05, 0) is 50.1 Å². The summed E-state index contributed by atoms with van der Waals surface area (Å²) in [5.74, 6) is -1.20. The Kier molecular flexibility index (Phi) is 8.07. The normalized spacial score (nSPS) is 15.4. The quantitative estimate of drug-likeness (QED) is 0.266. The zero-order valence-corrected chi connectivity index (χ0v) is 22.4. The lowest BCUT2D eigenvalue weighted by atomic mass is 9.95. The summed E-state index contributed by atoms with van der Waals surface area (Å²) in [6, 6.07) is 13.3. The molecular formula is C29H28N2O6S. The van der Waals surface area contributed by atoms with E-state index in [9.17, 15) is 19.5 Å². The van der Waals surface area contributed by atoms with Gasteiger partial charge in [0.1, 0.15) is 0 Å². The molecule has 9 heteroatoms. The highest BCUT2D eigenvalue weighted by atomic mass is 32.1. The molecule has 4 rings (SSSR count). The molecule has 1 amide bonds. The van der Waals surface area contributed by atoms with Gasteiger partial charge in [-0.2, -0.15) is 0 Å². The highest BCUT2D eigenvalue weighted by Crippen LogP contribution is 2.45. The van der Waals surface area contributed by atoms with Crippen LogP contribution in [0, 0.1) is 6.92 Å². The first-order valence-electron chi connectivity index (χ1n) is 12.2. The van der Waals surface area contributed by atoms with E-state index in [4.69, 9.17) is 9.47 Å². The first-order valence-corrected chi connectivity index (χ1v) is 13.0. The Balaban J connectivity index is 1.85. The van der Waals surface area contributed by atoms with Gasteiger partial charge in [0.05, 0.1) is 35.4 Å². The number of benzene rings is 2. The van der Waals surface area contributed by atoms with Crippen LogP contribution in [-0.2, 0) is 9.59 Å². The number of allylic oxidation sites excluding steroid dienone is 1. The first kappa shape index (κ1) is 26.8. The van der Waals surface area contributed by atoms with Crippen molar-refractivity contribution in [1.29, 1.82) is 0 Å². The fourth-order valence-corrected chi connectivity index (χ4v) is 5.23. The van der Waals surface area contributed by atoms with Crippen molar-refractivity contribution in [2.75, 3.05) is 18.1 Å². The van der Waals surface area contributed by atoms with Crippen molar-refractivity contribution in [3.05, 3.63) is 87.6 Å². The third-order valence-electron chi connectivity index (χ3n) is 5.89. The Morgan fingerprint density at radius 2 is 1.76 bits per heavy atom. The van der Waals surface area contributed by atoms with Crippen LogP contribution in [0.15, 0.2) is 65.9 Å². The maximum atomic E-state index is 13.5. The predicted molar refractivity (Wildman–Crippen MR) is 146 cm³/mol. The molecule has 0 bridgehead atoms. The minimum Gasteiger partial charge on any atom is -0.503 e. The van der Waals surface area contributed by atoms with E-state index in [1.54, 1.807) is 31.2 Å². The van der Waals surface area contributed by atoms with Crippen LogP contribution in [-0.4, -0.2) is 40.8 Å². The van der Waals surface area contributed by atoms with Crippen molar-refractivity contribution < 1.29 is 29.0 Å². The Morgan fingerprint density at radius 1 is 1.08 bits per heavy atom. The zero-order valence-electron chi connectivity index (χ0n) is 21.6. The van der Waals surface area contributed by atoms with Crippen LogP contribution in [0.2, 0.25) is 0 Å². The van der Waals surface area contributed by atoms with Gasteiger partial charge in [0.25, 0.3) is 5.91 Å². The number of ether oxygens (including phenoxy) is 2. The maximum absolute atomic E-state index is 13.5. The molecule has 1 N–H and O–H groups in total. The zero-order chi connectivity index (χ0) is 27.4. The minimum atomic E-state index is -1.00. The lowest BCUT2D eigenvalue weighted by Crippen LogP contribution is -2.30. The first-order chi connectivity index (χ1) is 18.3. The second-order valence-corrected chi connectivity index (χ2v) is 9.47. The van der Waals surface area contributed by atoms with Crippen molar-refractivity contribution in [2.24, 2.45) is 0 Å². The molecule has 0 fully saturated rings. The molecule has 196 valence electrons. The number of rotatable bonds is 10. The van der Waals surface area contributed by atoms with Crippen LogP contribution in [0.1, 0.15) is 53.3 Å². The van der Waals surface area contributed by atoms with Gasteiger partial charge in [-0.1, -0.05) is 53.8 Å². The number of carbonyl (C=O) groups excluding carboxylic acids is 3. The molecular weight excluding hydrogens is 504 g/mol. The molecule has 0 spiro atoms. The number of aliphatic hydroxyl groups excluding tert-OH is 1. The van der Waals surface area contributed by atoms with E-state index >= 15 is 0 Å². The van der Waals surface area contributed by atoms with Crippen molar-refractivity contribution in [3.63, 3.8) is 0 Å². The fourth-order valence-electron chi connectivity index (χ4n) is 4.25. The Labute approximate surface area is 224 Å². The van der Waals surface area contributed by atoms with Gasteiger partial charge >= 0.3 is 0 Å². The van der Waals surface area contributed by atoms with Gasteiger partial charge in [0.2, 0.25) is 0 Å². The van der Waals surface area contributed by atoms with Crippen LogP contribution in [0.25, 0.3) is 6.08 Å². The van der Waals surface area contributed by atoms with Gasteiger partial charge < -0.3 is 14.6 Å². The van der Waals surface area contributed by atoms with Crippen LogP contribution in [0.5, 0.6) is 11.5 Å². The summed E-state index contributed by atoms with van der Waals surface area (Å²) >= 11 is 1.04. The van der Waals surface area contributed by atoms with E-state index in [-0.39, 0.29) is 16.5 Å². The molecule has 0 aliphatic carbocycles. The summed E-state index contributed by atoms with van der Waals surface area (Å²) in [7, 11) is 0. The van der Waals surface area contributed by atoms with Crippen LogP contribution in [0.3, 0.4) is 0 Å². The fraction of sp³-hybridized carbons (Fsp3) is 0.241. The second-order valence-electron chi connectivity index (χ2n) is 8.49. The molecule has 1 unspecified atom stereocenters. The third-order valence-corrected chi connectivity index (χ3v) is 7.15. The molecule has 8 nitrogen and oxygen atoms in total. The average Bonchev–Trinajstić information content (AvgIpc) is 3.41. The minimum absolute atomic E-state index is 0.0917. The van der Waals surface area contributed by atoms with Gasteiger partial charge in [-0.15, -0.1) is 0 Å². The second kappa shape index (κ2) is 11.4. The molecule has 1 aliphatic rings. The molecule has 2 aromatic carbocycles. The number of hydrogen-bond acceptors (Lipinski definition) is 8. The van der Waals surface area contributed by atoms with E-state index in [2.05, 4.69) is 4.98 Å². The smallest absolute Gasteiger partial charge is 0.296 e. The van der Waals surface area contributed by atoms with Crippen molar-refractivity contribution in [2.45, 2.75) is 33.7 Å². The van der Waals surface area contributed by atoms with Gasteiger partial charge in [-0.3, -0.25) is 19.3 Å². The molecule has 1 aliphatic heterocycles. The summed E-state index contributed by atoms with van der Waals surface area (Å²) in [6.45, 7) is 7.59. The number of aliphatic hydroxyl groups is 1. The standard InChI is InChI=1S/C29H28N2O6S/c1-5-36-22-15-13-20(16-23(22)37-6-2)25-24(21(33)14-12-19-10-8-7-9-11-19)26(34)28(35)31(25)29-30-17(3)27(38-29)18(4)32/h7-16,25,34H,5-6H2,1-4H3. The third kappa shape index (κ3) is 5.24. The van der Waals surface area contributed by atoms with Gasteiger partial charge in [0, 0.05) is 6.92 Å². The van der Waals surface area contributed by atoms with E-state index < -0.39 is 23.5 Å². The summed E-state index contributed by atoms with van der Waals surface area (Å²) < 4.78 is 11.5. The van der Waals surface area contributed by atoms with Crippen molar-refractivity contribution in [3.8, 4) is 11.5 Å². The SMILES string of the molecule is CCOc1ccc(C2C(C(=O)C=Cc3ccccc3)=C(O)C(=O)N2c2nc(C)c(C(C)=O)s2)cc1OCC. The maximum Gasteiger partial charge on any atom is 0.296 e. The molecule has 0 saturated heterocycles. The topological polar surface area (TPSA) is 106 Å². The van der Waals surface area contributed by atoms with Crippen LogP contribution < -0.4 is 14.4 Å². The molecule has 2 heterocycles. The largest absolute Gasteiger partial charge is 0.503 e. The number of hydrogen-bond donors (Lipinski definition) is 1. The van der Waals surface area contributed by atoms with E-state index in [0.29, 0.717) is 40.8 Å². The van der Waals surface area contributed by atoms with Gasteiger partial charge in [0.15, 0.2) is 34.0 Å². The number of ketones is 2. The molecule has 38 heavy (non-hydrogen) atoms. The Morgan fingerprint density at radius 3 is 2.39 bits per heavy atom. The molecule has 3 aromatic rings. The number of amides is 1. The number of aromatic nitrogens is 1. The number of Topliss-reactive ketones (excluding diaryl/α,β-unsaturated/α-hetero) is 1. The van der Waals surface area contributed by atoms with E-state index in [1.165, 1.54) is 17.9 Å². The predicted octanol–water partition coefficient (Wildman–Crippen LogP) is 5.63. The monoisotopic (exact) mass is 532 g/mol. The Bertz CT molecular complexity index is 1440. The van der Waals surface area contributed by atoms with E-state index in [0.717, 1.165) is 16.9 Å². The highest BCUT2D eigenvalue weighted by molar-refractivity contribution is 7.17. The van der Waals surface area contributed by atoms with Gasteiger partial charge in [-0.25, -0.2) is 4.98 Å². The van der Waals surface area contributed by atoms with Crippen LogP contribution >= 0.6 is 11.3 Å². The van der Waals surface area contributed by atoms with Crippen LogP contribution in [0.4, 0.5) is 5.13 Å². The molecule has 0 saturated carbocycles. The summed E-state index contributed by atoms with van der Waals surface area (Å²) in [4.78, 5) is 45.1. The number of carbonyl (C=O) groups is 3. The average molecular weight is 533 g/mol. The summed E-state index contributed by atoms with van der Waals surface area (Å²) in [6.07, 6.45) is 2.95. The lowest BCUT2D eigenvalue weighted by Gasteiger charge is -2.25. The number of aryl methyl sites for hydroxylation is 1. The van der Waals surface area contributed by atoms with E-state index in [1.807, 2.05) is 44.2 Å². The summed E-state index contributed by atoms with van der Waals surface area (Å²) in [5, 5.41) is 11.2. The lowest BCUT2D eigenvalue weighted by molar-refractivity contribution is -0.117. The molecule has 1 aromatic heterocycles. The van der Waals surface area contributed by atoms with Crippen molar-refractivity contribution in [1.82, 2.24) is 4.98 Å². The summed E-state index contributed by atoms with van der Waals surface area (Å²) in [5.41, 5.74) is 1.68. The highest BCUT2D eigenvalue weighted by Gasteiger charge is 2.45.